The number of methoxy groups -OCH3 is 1. The van der Waals surface area contributed by atoms with Crippen LogP contribution in [0.4, 0.5) is 0 Å². The summed E-state index contributed by atoms with van der Waals surface area (Å²) in [4.78, 5) is 0. The van der Waals surface area contributed by atoms with Gasteiger partial charge >= 0.3 is 0 Å². The van der Waals surface area contributed by atoms with Crippen LogP contribution in [-0.4, -0.2) is 26.8 Å². The highest BCUT2D eigenvalue weighted by Crippen LogP contribution is 2.10. The zero-order valence-corrected chi connectivity index (χ0v) is 10.8. The molecular formula is C13H29NO. The number of rotatable bonds is 11. The molecule has 0 radical (unpaired) electrons. The minimum atomic E-state index is 0.809. The Kier molecular flexibility index (Phi) is 11.9. The SMILES string of the molecule is CCCCCCCC(C)CNCCOC. The summed E-state index contributed by atoms with van der Waals surface area (Å²) in [5, 5.41) is 3.41. The molecule has 0 rings (SSSR count). The summed E-state index contributed by atoms with van der Waals surface area (Å²) in [5.41, 5.74) is 0. The van der Waals surface area contributed by atoms with Crippen LogP contribution in [0.2, 0.25) is 0 Å². The quantitative estimate of drug-likeness (QED) is 0.534. The topological polar surface area (TPSA) is 21.3 Å². The highest BCUT2D eigenvalue weighted by atomic mass is 16.5. The van der Waals surface area contributed by atoms with E-state index in [4.69, 9.17) is 4.74 Å². The minimum absolute atomic E-state index is 0.809. The van der Waals surface area contributed by atoms with Crippen LogP contribution in [0.3, 0.4) is 0 Å². The second kappa shape index (κ2) is 12.0. The zero-order chi connectivity index (χ0) is 11.4. The summed E-state index contributed by atoms with van der Waals surface area (Å²) >= 11 is 0. The smallest absolute Gasteiger partial charge is 0.0587 e. The van der Waals surface area contributed by atoms with E-state index in [1.807, 2.05) is 0 Å². The van der Waals surface area contributed by atoms with Crippen molar-refractivity contribution < 1.29 is 4.74 Å². The van der Waals surface area contributed by atoms with E-state index in [1.165, 1.54) is 38.5 Å². The second-order valence-electron chi connectivity index (χ2n) is 4.50. The molecular weight excluding hydrogens is 186 g/mol. The molecule has 0 aromatic heterocycles. The van der Waals surface area contributed by atoms with Crippen LogP contribution in [0.25, 0.3) is 0 Å². The number of nitrogens with one attached hydrogen (secondary N) is 1. The lowest BCUT2D eigenvalue weighted by atomic mass is 10.0. The molecule has 1 atom stereocenters. The Morgan fingerprint density at radius 2 is 1.87 bits per heavy atom. The fourth-order valence-electron chi connectivity index (χ4n) is 1.72. The van der Waals surface area contributed by atoms with Crippen molar-refractivity contribution in [1.82, 2.24) is 5.32 Å². The van der Waals surface area contributed by atoms with Crippen molar-refractivity contribution in [3.05, 3.63) is 0 Å². The van der Waals surface area contributed by atoms with Gasteiger partial charge in [-0.15, -0.1) is 0 Å². The van der Waals surface area contributed by atoms with Gasteiger partial charge in [-0.05, 0) is 18.9 Å². The van der Waals surface area contributed by atoms with Crippen molar-refractivity contribution in [3.63, 3.8) is 0 Å². The summed E-state index contributed by atoms with van der Waals surface area (Å²) < 4.78 is 4.99. The van der Waals surface area contributed by atoms with Crippen LogP contribution in [-0.2, 0) is 4.74 Å². The Morgan fingerprint density at radius 3 is 2.53 bits per heavy atom. The van der Waals surface area contributed by atoms with Crippen LogP contribution in [0.15, 0.2) is 0 Å². The molecule has 0 heterocycles. The maximum absolute atomic E-state index is 4.99. The Hall–Kier alpha value is -0.0800. The molecule has 1 N–H and O–H groups in total. The van der Waals surface area contributed by atoms with Crippen molar-refractivity contribution in [2.75, 3.05) is 26.8 Å². The van der Waals surface area contributed by atoms with E-state index in [0.717, 1.165) is 25.6 Å². The molecule has 0 aliphatic heterocycles. The van der Waals surface area contributed by atoms with Gasteiger partial charge in [0.15, 0.2) is 0 Å². The number of ether oxygens (including phenoxy) is 1. The van der Waals surface area contributed by atoms with Crippen LogP contribution in [0.5, 0.6) is 0 Å². The molecule has 0 fully saturated rings. The van der Waals surface area contributed by atoms with Gasteiger partial charge in [0, 0.05) is 13.7 Å². The first kappa shape index (κ1) is 14.9. The zero-order valence-electron chi connectivity index (χ0n) is 10.8. The predicted molar refractivity (Wildman–Crippen MR) is 67.3 cm³/mol. The molecule has 0 bridgehead atoms. The summed E-state index contributed by atoms with van der Waals surface area (Å²) in [6.45, 7) is 7.54. The van der Waals surface area contributed by atoms with E-state index in [1.54, 1.807) is 7.11 Å². The maximum Gasteiger partial charge on any atom is 0.0587 e. The molecule has 0 aromatic carbocycles. The van der Waals surface area contributed by atoms with Crippen LogP contribution in [0.1, 0.15) is 52.4 Å². The third-order valence-corrected chi connectivity index (χ3v) is 2.78. The maximum atomic E-state index is 4.99. The van der Waals surface area contributed by atoms with E-state index >= 15 is 0 Å². The molecule has 0 aliphatic carbocycles. The number of hydrogen-bond acceptors (Lipinski definition) is 2. The molecule has 0 saturated carbocycles. The Morgan fingerprint density at radius 1 is 1.13 bits per heavy atom. The van der Waals surface area contributed by atoms with Gasteiger partial charge in [0.2, 0.25) is 0 Å². The van der Waals surface area contributed by atoms with Crippen LogP contribution in [0, 0.1) is 5.92 Å². The second-order valence-corrected chi connectivity index (χ2v) is 4.50. The summed E-state index contributed by atoms with van der Waals surface area (Å²) in [6, 6.07) is 0. The number of hydrogen-bond donors (Lipinski definition) is 1. The fourth-order valence-corrected chi connectivity index (χ4v) is 1.72. The summed E-state index contributed by atoms with van der Waals surface area (Å²) in [5.74, 6) is 0.809. The van der Waals surface area contributed by atoms with E-state index in [2.05, 4.69) is 19.2 Å². The predicted octanol–water partition coefficient (Wildman–Crippen LogP) is 3.22. The molecule has 2 heteroatoms. The van der Waals surface area contributed by atoms with Gasteiger partial charge in [-0.1, -0.05) is 46.0 Å². The minimum Gasteiger partial charge on any atom is -0.383 e. The third-order valence-electron chi connectivity index (χ3n) is 2.78. The summed E-state index contributed by atoms with van der Waals surface area (Å²) in [6.07, 6.45) is 8.34. The van der Waals surface area contributed by atoms with Gasteiger partial charge in [-0.2, -0.15) is 0 Å². The first-order chi connectivity index (χ1) is 7.31. The number of unbranched alkanes of at least 4 members (excludes halogenated alkanes) is 4. The van der Waals surface area contributed by atoms with Gasteiger partial charge < -0.3 is 10.1 Å². The average Bonchev–Trinajstić information content (AvgIpc) is 2.24. The molecule has 2 nitrogen and oxygen atoms in total. The third kappa shape index (κ3) is 11.8. The van der Waals surface area contributed by atoms with Gasteiger partial charge in [-0.3, -0.25) is 0 Å². The summed E-state index contributed by atoms with van der Waals surface area (Å²) in [7, 11) is 1.75. The molecule has 0 amide bonds. The molecule has 0 saturated heterocycles. The first-order valence-corrected chi connectivity index (χ1v) is 6.50. The lowest BCUT2D eigenvalue weighted by Gasteiger charge is -2.12. The highest BCUT2D eigenvalue weighted by Gasteiger charge is 2.00. The van der Waals surface area contributed by atoms with Crippen molar-refractivity contribution in [3.8, 4) is 0 Å². The Bertz CT molecular complexity index is 117. The van der Waals surface area contributed by atoms with Gasteiger partial charge in [0.25, 0.3) is 0 Å². The van der Waals surface area contributed by atoms with Gasteiger partial charge in [0.1, 0.15) is 0 Å². The fraction of sp³-hybridized carbons (Fsp3) is 1.00. The standard InChI is InChI=1S/C13H29NO/c1-4-5-6-7-8-9-13(2)12-14-10-11-15-3/h13-14H,4-12H2,1-3H3. The molecule has 15 heavy (non-hydrogen) atoms. The van der Waals surface area contributed by atoms with Crippen LogP contribution < -0.4 is 5.32 Å². The van der Waals surface area contributed by atoms with Crippen molar-refractivity contribution in [1.29, 1.82) is 0 Å². The van der Waals surface area contributed by atoms with E-state index in [-0.39, 0.29) is 0 Å². The molecule has 1 unspecified atom stereocenters. The molecule has 0 spiro atoms. The van der Waals surface area contributed by atoms with Gasteiger partial charge in [0.05, 0.1) is 6.61 Å². The molecule has 0 aliphatic rings. The highest BCUT2D eigenvalue weighted by molar-refractivity contribution is 4.57. The van der Waals surface area contributed by atoms with E-state index in [9.17, 15) is 0 Å². The Balaban J connectivity index is 3.08. The van der Waals surface area contributed by atoms with E-state index < -0.39 is 0 Å². The van der Waals surface area contributed by atoms with Crippen molar-refractivity contribution in [2.45, 2.75) is 52.4 Å². The van der Waals surface area contributed by atoms with Gasteiger partial charge in [-0.25, -0.2) is 0 Å². The molecule has 92 valence electrons. The Labute approximate surface area is 95.8 Å². The largest absolute Gasteiger partial charge is 0.383 e. The molecule has 0 aromatic rings. The first-order valence-electron chi connectivity index (χ1n) is 6.50. The normalized spacial score (nSPS) is 13.0. The average molecular weight is 215 g/mol. The monoisotopic (exact) mass is 215 g/mol. The lowest BCUT2D eigenvalue weighted by molar-refractivity contribution is 0.198. The van der Waals surface area contributed by atoms with Crippen LogP contribution >= 0.6 is 0 Å². The van der Waals surface area contributed by atoms with Crippen molar-refractivity contribution in [2.24, 2.45) is 5.92 Å². The van der Waals surface area contributed by atoms with E-state index in [0.29, 0.717) is 0 Å². The van der Waals surface area contributed by atoms with Crippen molar-refractivity contribution >= 4 is 0 Å². The lowest BCUT2D eigenvalue weighted by Crippen LogP contribution is -2.24.